The maximum absolute atomic E-state index is 13.6. The van der Waals surface area contributed by atoms with E-state index in [0.29, 0.717) is 11.5 Å². The van der Waals surface area contributed by atoms with Crippen LogP contribution in [0.4, 0.5) is 15.9 Å². The lowest BCUT2D eigenvalue weighted by Gasteiger charge is -2.20. The zero-order chi connectivity index (χ0) is 15.5. The number of benzene rings is 1. The Morgan fingerprint density at radius 1 is 1.19 bits per heavy atom. The van der Waals surface area contributed by atoms with Crippen molar-refractivity contribution in [2.75, 3.05) is 5.32 Å². The molecule has 0 unspecified atom stereocenters. The number of nitrogens with one attached hydrogen (secondary N) is 2. The first-order valence-corrected chi connectivity index (χ1v) is 6.51. The number of aromatic nitrogens is 2. The summed E-state index contributed by atoms with van der Waals surface area (Å²) in [6.45, 7) is 5.64. The average molecular weight is 288 g/mol. The van der Waals surface area contributed by atoms with E-state index in [1.54, 1.807) is 18.2 Å². The van der Waals surface area contributed by atoms with Gasteiger partial charge in [-0.05, 0) is 32.9 Å². The molecule has 0 saturated heterocycles. The van der Waals surface area contributed by atoms with E-state index in [2.05, 4.69) is 20.6 Å². The Bertz CT molecular complexity index is 652. The largest absolute Gasteiger partial charge is 0.346 e. The molecule has 110 valence electrons. The highest BCUT2D eigenvalue weighted by Crippen LogP contribution is 2.18. The molecule has 0 aliphatic carbocycles. The van der Waals surface area contributed by atoms with Crippen molar-refractivity contribution in [1.82, 2.24) is 15.3 Å². The number of rotatable bonds is 3. The molecule has 0 saturated carbocycles. The van der Waals surface area contributed by atoms with Gasteiger partial charge in [-0.15, -0.1) is 0 Å². The Morgan fingerprint density at radius 3 is 2.57 bits per heavy atom. The van der Waals surface area contributed by atoms with Crippen LogP contribution in [0.5, 0.6) is 0 Å². The monoisotopic (exact) mass is 288 g/mol. The zero-order valence-electron chi connectivity index (χ0n) is 12.1. The van der Waals surface area contributed by atoms with Crippen LogP contribution in [0.3, 0.4) is 0 Å². The number of para-hydroxylation sites is 1. The smallest absolute Gasteiger partial charge is 0.270 e. The van der Waals surface area contributed by atoms with Crippen LogP contribution in [0.2, 0.25) is 0 Å². The number of hydrogen-bond donors (Lipinski definition) is 2. The topological polar surface area (TPSA) is 66.9 Å². The molecule has 0 bridgehead atoms. The second-order valence-electron chi connectivity index (χ2n) is 5.60. The van der Waals surface area contributed by atoms with Crippen LogP contribution in [0, 0.1) is 5.82 Å². The number of hydrogen-bond acceptors (Lipinski definition) is 4. The Kier molecular flexibility index (Phi) is 4.16. The summed E-state index contributed by atoms with van der Waals surface area (Å²) in [6.07, 6.45) is 1.26. The zero-order valence-corrected chi connectivity index (χ0v) is 12.1. The Labute approximate surface area is 122 Å². The third-order valence-corrected chi connectivity index (χ3v) is 2.52. The molecule has 2 rings (SSSR count). The molecule has 0 radical (unpaired) electrons. The molecule has 6 heteroatoms. The number of nitrogens with zero attached hydrogens (tertiary/aromatic N) is 2. The highest BCUT2D eigenvalue weighted by Gasteiger charge is 2.16. The van der Waals surface area contributed by atoms with E-state index in [0.717, 1.165) is 0 Å². The van der Waals surface area contributed by atoms with Crippen LogP contribution in [0.25, 0.3) is 0 Å². The van der Waals surface area contributed by atoms with Gasteiger partial charge >= 0.3 is 0 Å². The maximum Gasteiger partial charge on any atom is 0.270 e. The molecule has 0 fully saturated rings. The number of amides is 1. The van der Waals surface area contributed by atoms with Gasteiger partial charge in [-0.2, -0.15) is 0 Å². The van der Waals surface area contributed by atoms with E-state index in [4.69, 9.17) is 0 Å². The van der Waals surface area contributed by atoms with Crippen LogP contribution in [0.15, 0.2) is 36.7 Å². The molecule has 0 atom stereocenters. The van der Waals surface area contributed by atoms with Crippen molar-refractivity contribution >= 4 is 17.4 Å². The van der Waals surface area contributed by atoms with Gasteiger partial charge in [0.25, 0.3) is 5.91 Å². The van der Waals surface area contributed by atoms with Crippen molar-refractivity contribution in [1.29, 1.82) is 0 Å². The van der Waals surface area contributed by atoms with Crippen molar-refractivity contribution in [3.8, 4) is 0 Å². The summed E-state index contributed by atoms with van der Waals surface area (Å²) < 4.78 is 13.6. The molecule has 1 heterocycles. The first-order chi connectivity index (χ1) is 9.85. The molecule has 2 N–H and O–H groups in total. The van der Waals surface area contributed by atoms with E-state index >= 15 is 0 Å². The summed E-state index contributed by atoms with van der Waals surface area (Å²) >= 11 is 0. The molecular weight excluding hydrogens is 271 g/mol. The third kappa shape index (κ3) is 4.24. The predicted octanol–water partition coefficient (Wildman–Crippen LogP) is 2.89. The van der Waals surface area contributed by atoms with Gasteiger partial charge in [-0.25, -0.2) is 14.4 Å². The lowest BCUT2D eigenvalue weighted by atomic mass is 10.1. The van der Waals surface area contributed by atoms with E-state index in [-0.39, 0.29) is 17.1 Å². The molecule has 0 aliphatic heterocycles. The fourth-order valence-electron chi connectivity index (χ4n) is 1.66. The van der Waals surface area contributed by atoms with Gasteiger partial charge in [0.2, 0.25) is 0 Å². The lowest BCUT2D eigenvalue weighted by molar-refractivity contribution is 0.0914. The normalized spacial score (nSPS) is 11.0. The predicted molar refractivity (Wildman–Crippen MR) is 78.9 cm³/mol. The van der Waals surface area contributed by atoms with Crippen molar-refractivity contribution in [3.05, 3.63) is 48.2 Å². The highest BCUT2D eigenvalue weighted by molar-refractivity contribution is 5.93. The molecule has 21 heavy (non-hydrogen) atoms. The van der Waals surface area contributed by atoms with Gasteiger partial charge in [-0.1, -0.05) is 12.1 Å². The first-order valence-electron chi connectivity index (χ1n) is 6.51. The third-order valence-electron chi connectivity index (χ3n) is 2.52. The fraction of sp³-hybridized carbons (Fsp3) is 0.267. The molecule has 2 aromatic rings. The van der Waals surface area contributed by atoms with E-state index < -0.39 is 5.82 Å². The van der Waals surface area contributed by atoms with E-state index in [1.807, 2.05) is 20.8 Å². The van der Waals surface area contributed by atoms with Crippen molar-refractivity contribution < 1.29 is 9.18 Å². The van der Waals surface area contributed by atoms with Gasteiger partial charge in [0, 0.05) is 11.6 Å². The second kappa shape index (κ2) is 5.87. The Morgan fingerprint density at radius 2 is 1.90 bits per heavy atom. The minimum absolute atomic E-state index is 0.221. The Hall–Kier alpha value is -2.50. The number of carbonyl (C=O) groups is 1. The van der Waals surface area contributed by atoms with E-state index in [1.165, 1.54) is 18.5 Å². The maximum atomic E-state index is 13.6. The molecule has 0 spiro atoms. The van der Waals surface area contributed by atoms with Gasteiger partial charge in [-0.3, -0.25) is 4.79 Å². The van der Waals surface area contributed by atoms with Crippen LogP contribution < -0.4 is 10.6 Å². The van der Waals surface area contributed by atoms with Crippen LogP contribution in [-0.2, 0) is 0 Å². The van der Waals surface area contributed by atoms with Crippen LogP contribution in [0.1, 0.15) is 31.3 Å². The standard InChI is InChI=1S/C15H17FN4O/c1-15(2,3)20-14(21)12-8-13(18-9-17-12)19-11-7-5-4-6-10(11)16/h4-9H,1-3H3,(H,20,21)(H,17,18,19). The number of anilines is 2. The molecule has 5 nitrogen and oxygen atoms in total. The number of halogens is 1. The van der Waals surface area contributed by atoms with Gasteiger partial charge in [0.05, 0.1) is 5.69 Å². The van der Waals surface area contributed by atoms with Crippen molar-refractivity contribution in [2.45, 2.75) is 26.3 Å². The van der Waals surface area contributed by atoms with Gasteiger partial charge in [0.1, 0.15) is 23.7 Å². The second-order valence-corrected chi connectivity index (χ2v) is 5.60. The minimum atomic E-state index is -0.392. The molecule has 1 aromatic carbocycles. The first kappa shape index (κ1) is 14.9. The Balaban J connectivity index is 2.18. The number of carbonyl (C=O) groups excluding carboxylic acids is 1. The summed E-state index contributed by atoms with van der Waals surface area (Å²) in [5, 5.41) is 5.63. The molecule has 1 aromatic heterocycles. The molecule has 1 amide bonds. The van der Waals surface area contributed by atoms with Gasteiger partial charge < -0.3 is 10.6 Å². The quantitative estimate of drug-likeness (QED) is 0.911. The summed E-state index contributed by atoms with van der Waals surface area (Å²) in [5.41, 5.74) is 0.151. The summed E-state index contributed by atoms with van der Waals surface area (Å²) in [4.78, 5) is 19.9. The SMILES string of the molecule is CC(C)(C)NC(=O)c1cc(Nc2ccccc2F)ncn1. The fourth-order valence-corrected chi connectivity index (χ4v) is 1.66. The summed E-state index contributed by atoms with van der Waals surface area (Å²) in [5.74, 6) is -0.340. The van der Waals surface area contributed by atoms with Crippen molar-refractivity contribution in [2.24, 2.45) is 0 Å². The average Bonchev–Trinajstić information content (AvgIpc) is 2.40. The van der Waals surface area contributed by atoms with Crippen LogP contribution in [-0.4, -0.2) is 21.4 Å². The molecular formula is C15H17FN4O. The van der Waals surface area contributed by atoms with Gasteiger partial charge in [0.15, 0.2) is 0 Å². The molecule has 0 aliphatic rings. The highest BCUT2D eigenvalue weighted by atomic mass is 19.1. The summed E-state index contributed by atoms with van der Waals surface area (Å²) in [6, 6.07) is 7.72. The van der Waals surface area contributed by atoms with Crippen molar-refractivity contribution in [3.63, 3.8) is 0 Å². The lowest BCUT2D eigenvalue weighted by Crippen LogP contribution is -2.40. The summed E-state index contributed by atoms with van der Waals surface area (Å²) in [7, 11) is 0. The minimum Gasteiger partial charge on any atom is -0.346 e. The van der Waals surface area contributed by atoms with Crippen LogP contribution >= 0.6 is 0 Å². The van der Waals surface area contributed by atoms with E-state index in [9.17, 15) is 9.18 Å².